The van der Waals surface area contributed by atoms with Gasteiger partial charge < -0.3 is 20.3 Å². The lowest BCUT2D eigenvalue weighted by molar-refractivity contribution is -0.134. The maximum atomic E-state index is 12.5. The molecule has 1 aromatic heterocycles. The Bertz CT molecular complexity index is 791. The summed E-state index contributed by atoms with van der Waals surface area (Å²) in [7, 11) is 0. The van der Waals surface area contributed by atoms with Crippen molar-refractivity contribution >= 4 is 29.0 Å². The van der Waals surface area contributed by atoms with Crippen LogP contribution in [0.15, 0.2) is 36.5 Å². The molecule has 1 aliphatic rings. The molecule has 2 N–H and O–H groups in total. The molecule has 8 heteroatoms. The summed E-state index contributed by atoms with van der Waals surface area (Å²) in [6.07, 6.45) is 4.21. The van der Waals surface area contributed by atoms with Crippen molar-refractivity contribution in [2.45, 2.75) is 32.3 Å². The van der Waals surface area contributed by atoms with E-state index < -0.39 is 5.60 Å². The Kier molecular flexibility index (Phi) is 6.57. The van der Waals surface area contributed by atoms with Gasteiger partial charge in [-0.1, -0.05) is 11.6 Å². The van der Waals surface area contributed by atoms with Crippen molar-refractivity contribution in [2.75, 3.05) is 36.4 Å². The van der Waals surface area contributed by atoms with Crippen LogP contribution >= 0.6 is 11.6 Å². The fourth-order valence-electron chi connectivity index (χ4n) is 3.01. The second-order valence-electron chi connectivity index (χ2n) is 7.24. The molecule has 1 aromatic carbocycles. The van der Waals surface area contributed by atoms with Gasteiger partial charge in [-0.05, 0) is 51.0 Å². The van der Waals surface area contributed by atoms with Crippen molar-refractivity contribution < 1.29 is 9.53 Å². The van der Waals surface area contributed by atoms with Crippen LogP contribution in [0.25, 0.3) is 0 Å². The van der Waals surface area contributed by atoms with Gasteiger partial charge in [0.05, 0.1) is 11.9 Å². The van der Waals surface area contributed by atoms with Gasteiger partial charge in [0, 0.05) is 37.3 Å². The topological polar surface area (TPSA) is 79.4 Å². The highest BCUT2D eigenvalue weighted by Gasteiger charge is 2.29. The second kappa shape index (κ2) is 9.10. The third-order valence-corrected chi connectivity index (χ3v) is 4.81. The van der Waals surface area contributed by atoms with Gasteiger partial charge in [0.2, 0.25) is 0 Å². The van der Waals surface area contributed by atoms with Crippen molar-refractivity contribution in [1.82, 2.24) is 15.5 Å². The van der Waals surface area contributed by atoms with Gasteiger partial charge in [0.1, 0.15) is 5.75 Å². The summed E-state index contributed by atoms with van der Waals surface area (Å²) in [4.78, 5) is 14.8. The fourth-order valence-corrected chi connectivity index (χ4v) is 3.14. The van der Waals surface area contributed by atoms with Crippen molar-refractivity contribution in [3.63, 3.8) is 0 Å². The quantitative estimate of drug-likeness (QED) is 0.659. The number of ether oxygens (including phenoxy) is 1. The van der Waals surface area contributed by atoms with E-state index in [2.05, 4.69) is 25.7 Å². The number of nitrogens with zero attached hydrogens (tertiary/aromatic N) is 3. The molecule has 150 valence electrons. The number of halogens is 1. The van der Waals surface area contributed by atoms with Crippen molar-refractivity contribution in [3.8, 4) is 5.75 Å². The molecule has 1 aliphatic heterocycles. The molecule has 0 spiro atoms. The Hall–Kier alpha value is -2.54. The first-order chi connectivity index (χ1) is 13.4. The number of hydrogen-bond acceptors (Lipinski definition) is 6. The highest BCUT2D eigenvalue weighted by molar-refractivity contribution is 6.30. The molecular formula is C20H26ClN5O2. The van der Waals surface area contributed by atoms with E-state index in [0.717, 1.165) is 18.8 Å². The number of hydrogen-bond donors (Lipinski definition) is 2. The number of carbonyl (C=O) groups is 1. The molecule has 1 amide bonds. The Labute approximate surface area is 170 Å². The van der Waals surface area contributed by atoms with Crippen LogP contribution in [0.2, 0.25) is 5.02 Å². The van der Waals surface area contributed by atoms with Crippen LogP contribution in [0.5, 0.6) is 5.75 Å². The van der Waals surface area contributed by atoms with Crippen LogP contribution in [0.4, 0.5) is 11.5 Å². The molecule has 0 bridgehead atoms. The van der Waals surface area contributed by atoms with Crippen molar-refractivity contribution in [3.05, 3.63) is 41.6 Å². The normalized spacial score (nSPS) is 14.0. The van der Waals surface area contributed by atoms with Gasteiger partial charge in [0.25, 0.3) is 5.91 Å². The number of amides is 1. The maximum absolute atomic E-state index is 12.5. The zero-order chi connectivity index (χ0) is 20.0. The summed E-state index contributed by atoms with van der Waals surface area (Å²) in [5.41, 5.74) is 0.0834. The molecule has 1 fully saturated rings. The van der Waals surface area contributed by atoms with Gasteiger partial charge in [-0.3, -0.25) is 4.79 Å². The highest BCUT2D eigenvalue weighted by atomic mass is 35.5. The molecule has 0 saturated carbocycles. The average molecular weight is 404 g/mol. The number of anilines is 2. The van der Waals surface area contributed by atoms with E-state index in [1.54, 1.807) is 44.3 Å². The first-order valence-electron chi connectivity index (χ1n) is 9.48. The molecular weight excluding hydrogens is 378 g/mol. The lowest BCUT2D eigenvalue weighted by Crippen LogP contribution is -2.47. The summed E-state index contributed by atoms with van der Waals surface area (Å²) >= 11 is 5.87. The molecule has 3 rings (SSSR count). The predicted molar refractivity (Wildman–Crippen MR) is 111 cm³/mol. The molecule has 28 heavy (non-hydrogen) atoms. The fraction of sp³-hybridized carbons (Fsp3) is 0.450. The van der Waals surface area contributed by atoms with Gasteiger partial charge in [-0.2, -0.15) is 5.10 Å². The molecule has 2 aromatic rings. The summed E-state index contributed by atoms with van der Waals surface area (Å²) in [5.74, 6) is 1.10. The van der Waals surface area contributed by atoms with E-state index >= 15 is 0 Å². The molecule has 0 radical (unpaired) electrons. The summed E-state index contributed by atoms with van der Waals surface area (Å²) in [6, 6.07) is 8.93. The van der Waals surface area contributed by atoms with E-state index in [1.165, 1.54) is 12.8 Å². The minimum absolute atomic E-state index is 0.193. The molecule has 7 nitrogen and oxygen atoms in total. The summed E-state index contributed by atoms with van der Waals surface area (Å²) in [6.45, 7) is 6.57. The van der Waals surface area contributed by atoms with E-state index in [1.807, 2.05) is 6.07 Å². The zero-order valence-corrected chi connectivity index (χ0v) is 17.0. The van der Waals surface area contributed by atoms with Crippen LogP contribution in [0, 0.1) is 0 Å². The predicted octanol–water partition coefficient (Wildman–Crippen LogP) is 3.12. The molecule has 0 atom stereocenters. The van der Waals surface area contributed by atoms with Crippen LogP contribution < -0.4 is 20.3 Å². The van der Waals surface area contributed by atoms with Gasteiger partial charge in [-0.25, -0.2) is 0 Å². The number of carbonyl (C=O) groups excluding carboxylic acids is 1. The van der Waals surface area contributed by atoms with Crippen LogP contribution in [-0.4, -0.2) is 47.9 Å². The monoisotopic (exact) mass is 403 g/mol. The molecule has 1 saturated heterocycles. The maximum Gasteiger partial charge on any atom is 0.263 e. The minimum atomic E-state index is -0.997. The average Bonchev–Trinajstić information content (AvgIpc) is 3.22. The van der Waals surface area contributed by atoms with Gasteiger partial charge >= 0.3 is 0 Å². The van der Waals surface area contributed by atoms with Crippen LogP contribution in [0.3, 0.4) is 0 Å². The highest BCUT2D eigenvalue weighted by Crippen LogP contribution is 2.22. The van der Waals surface area contributed by atoms with E-state index in [0.29, 0.717) is 29.7 Å². The number of aromatic nitrogens is 2. The lowest BCUT2D eigenvalue weighted by atomic mass is 10.1. The van der Waals surface area contributed by atoms with Crippen LogP contribution in [0.1, 0.15) is 26.7 Å². The SMILES string of the molecule is CC(C)(Oc1ccc(Cl)cc1)C(=O)NCCNc1cc(N2CCCC2)cnn1. The minimum Gasteiger partial charge on any atom is -0.478 e. The molecule has 2 heterocycles. The third-order valence-electron chi connectivity index (χ3n) is 4.56. The van der Waals surface area contributed by atoms with Crippen molar-refractivity contribution in [2.24, 2.45) is 0 Å². The van der Waals surface area contributed by atoms with E-state index in [9.17, 15) is 4.79 Å². The first-order valence-corrected chi connectivity index (χ1v) is 9.86. The van der Waals surface area contributed by atoms with E-state index in [-0.39, 0.29) is 5.91 Å². The smallest absolute Gasteiger partial charge is 0.263 e. The van der Waals surface area contributed by atoms with E-state index in [4.69, 9.17) is 16.3 Å². The van der Waals surface area contributed by atoms with Crippen LogP contribution in [-0.2, 0) is 4.79 Å². The first kappa shape index (κ1) is 20.2. The van der Waals surface area contributed by atoms with Crippen molar-refractivity contribution in [1.29, 1.82) is 0 Å². The van der Waals surface area contributed by atoms with Gasteiger partial charge in [-0.15, -0.1) is 5.10 Å². The van der Waals surface area contributed by atoms with Gasteiger partial charge in [0.15, 0.2) is 11.4 Å². The third kappa shape index (κ3) is 5.48. The Morgan fingerprint density at radius 2 is 1.93 bits per heavy atom. The Morgan fingerprint density at radius 3 is 2.64 bits per heavy atom. The Morgan fingerprint density at radius 1 is 1.21 bits per heavy atom. The summed E-state index contributed by atoms with van der Waals surface area (Å²) in [5, 5.41) is 14.9. The lowest BCUT2D eigenvalue weighted by Gasteiger charge is -2.25. The number of nitrogens with one attached hydrogen (secondary N) is 2. The Balaban J connectivity index is 1.44. The molecule has 0 unspecified atom stereocenters. The number of rotatable bonds is 8. The molecule has 0 aliphatic carbocycles. The second-order valence-corrected chi connectivity index (χ2v) is 7.68. The zero-order valence-electron chi connectivity index (χ0n) is 16.2. The summed E-state index contributed by atoms with van der Waals surface area (Å²) < 4.78 is 5.79. The standard InChI is InChI=1S/C20H26ClN5O2/c1-20(2,28-17-7-5-15(21)6-8-17)19(27)23-10-9-22-18-13-16(14-24-25-18)26-11-3-4-12-26/h5-8,13-14H,3-4,9-12H2,1-2H3,(H,22,25)(H,23,27). The number of benzene rings is 1. The largest absolute Gasteiger partial charge is 0.478 e.